The first kappa shape index (κ1) is 25.2. The number of benzene rings is 3. The highest BCUT2D eigenvalue weighted by atomic mass is 16.5. The molecule has 1 N–H and O–H groups in total. The number of nitrogens with one attached hydrogen (secondary N) is 1. The second-order valence-electron chi connectivity index (χ2n) is 8.18. The van der Waals surface area contributed by atoms with E-state index in [1.807, 2.05) is 31.2 Å². The third-order valence-corrected chi connectivity index (χ3v) is 5.62. The van der Waals surface area contributed by atoms with Crippen molar-refractivity contribution >= 4 is 35.6 Å². The Bertz CT molecular complexity index is 1410. The van der Waals surface area contributed by atoms with E-state index in [2.05, 4.69) is 10.1 Å². The van der Waals surface area contributed by atoms with Crippen LogP contribution in [0, 0.1) is 6.92 Å². The summed E-state index contributed by atoms with van der Waals surface area (Å²) in [5.41, 5.74) is 2.81. The molecule has 3 aromatic carbocycles. The number of rotatable bonds is 7. The number of anilines is 1. The highest BCUT2D eigenvalue weighted by molar-refractivity contribution is 6.39. The van der Waals surface area contributed by atoms with Crippen LogP contribution in [0.25, 0.3) is 6.08 Å². The van der Waals surface area contributed by atoms with Crippen LogP contribution in [0.5, 0.6) is 11.5 Å². The maximum Gasteiger partial charge on any atom is 0.337 e. The minimum Gasteiger partial charge on any atom is -0.493 e. The van der Waals surface area contributed by atoms with E-state index in [1.165, 1.54) is 44.6 Å². The number of esters is 1. The van der Waals surface area contributed by atoms with E-state index in [0.29, 0.717) is 23.7 Å². The van der Waals surface area contributed by atoms with Crippen LogP contribution in [-0.2, 0) is 20.9 Å². The Kier molecular flexibility index (Phi) is 7.34. The van der Waals surface area contributed by atoms with Crippen LogP contribution in [0.2, 0.25) is 0 Å². The summed E-state index contributed by atoms with van der Waals surface area (Å²) in [7, 11) is 2.74. The van der Waals surface area contributed by atoms with Gasteiger partial charge in [0.15, 0.2) is 11.5 Å². The number of amides is 4. The molecule has 1 fully saturated rings. The number of urea groups is 1. The fraction of sp³-hybridized carbons (Fsp3) is 0.143. The third kappa shape index (κ3) is 5.51. The summed E-state index contributed by atoms with van der Waals surface area (Å²) in [5.74, 6) is -1.28. The molecule has 0 saturated carbocycles. The molecular weight excluding hydrogens is 476 g/mol. The lowest BCUT2D eigenvalue weighted by atomic mass is 10.1. The number of nitrogens with zero attached hydrogens (tertiary/aromatic N) is 1. The average molecular weight is 501 g/mol. The van der Waals surface area contributed by atoms with Crippen molar-refractivity contribution in [3.63, 3.8) is 0 Å². The van der Waals surface area contributed by atoms with E-state index in [-0.39, 0.29) is 16.8 Å². The molecule has 4 rings (SSSR count). The van der Waals surface area contributed by atoms with Gasteiger partial charge in [-0.25, -0.2) is 14.5 Å². The van der Waals surface area contributed by atoms with E-state index in [0.717, 1.165) is 16.0 Å². The van der Waals surface area contributed by atoms with E-state index in [4.69, 9.17) is 9.47 Å². The average Bonchev–Trinajstić information content (AvgIpc) is 2.90. The molecule has 1 aliphatic rings. The molecule has 0 aromatic heterocycles. The zero-order chi connectivity index (χ0) is 26.5. The SMILES string of the molecule is COC(=O)c1ccc(N2C(=O)NC(=O)/C(=C\c3ccc(OCc4cccc(C)c4)c(OC)c3)C2=O)cc1. The fourth-order valence-corrected chi connectivity index (χ4v) is 3.78. The van der Waals surface area contributed by atoms with Crippen molar-refractivity contribution < 1.29 is 33.4 Å². The molecule has 0 spiro atoms. The lowest BCUT2D eigenvalue weighted by Crippen LogP contribution is -2.54. The molecule has 1 heterocycles. The molecule has 0 radical (unpaired) electrons. The van der Waals surface area contributed by atoms with Gasteiger partial charge in [-0.05, 0) is 60.5 Å². The molecule has 4 amide bonds. The predicted molar refractivity (Wildman–Crippen MR) is 135 cm³/mol. The molecular formula is C28H24N2O7. The topological polar surface area (TPSA) is 111 Å². The Labute approximate surface area is 213 Å². The van der Waals surface area contributed by atoms with Crippen LogP contribution >= 0.6 is 0 Å². The Morgan fingerprint density at radius 3 is 2.38 bits per heavy atom. The Hall–Kier alpha value is -4.92. The monoisotopic (exact) mass is 500 g/mol. The van der Waals surface area contributed by atoms with Gasteiger partial charge < -0.3 is 14.2 Å². The van der Waals surface area contributed by atoms with Gasteiger partial charge in [-0.3, -0.25) is 14.9 Å². The second kappa shape index (κ2) is 10.8. The largest absolute Gasteiger partial charge is 0.493 e. The third-order valence-electron chi connectivity index (χ3n) is 5.62. The number of aryl methyl sites for hydroxylation is 1. The van der Waals surface area contributed by atoms with Gasteiger partial charge in [-0.2, -0.15) is 0 Å². The van der Waals surface area contributed by atoms with Crippen LogP contribution < -0.4 is 19.7 Å². The van der Waals surface area contributed by atoms with Gasteiger partial charge >= 0.3 is 12.0 Å². The van der Waals surface area contributed by atoms with Gasteiger partial charge in [0.05, 0.1) is 25.5 Å². The van der Waals surface area contributed by atoms with E-state index in [1.54, 1.807) is 18.2 Å². The van der Waals surface area contributed by atoms with Gasteiger partial charge in [0.25, 0.3) is 11.8 Å². The predicted octanol–water partition coefficient (Wildman–Crippen LogP) is 4.04. The molecule has 1 saturated heterocycles. The first-order valence-electron chi connectivity index (χ1n) is 11.3. The molecule has 9 heteroatoms. The summed E-state index contributed by atoms with van der Waals surface area (Å²) in [6.45, 7) is 2.34. The van der Waals surface area contributed by atoms with Crippen molar-refractivity contribution in [3.05, 3.63) is 94.6 Å². The number of carbonyl (C=O) groups is 4. The summed E-state index contributed by atoms with van der Waals surface area (Å²) in [6.07, 6.45) is 1.37. The number of hydrogen-bond acceptors (Lipinski definition) is 7. The zero-order valence-corrected chi connectivity index (χ0v) is 20.4. The number of carbonyl (C=O) groups excluding carboxylic acids is 4. The highest BCUT2D eigenvalue weighted by Gasteiger charge is 2.36. The normalized spacial score (nSPS) is 14.4. The minimum absolute atomic E-state index is 0.186. The van der Waals surface area contributed by atoms with Crippen molar-refractivity contribution in [2.45, 2.75) is 13.5 Å². The smallest absolute Gasteiger partial charge is 0.337 e. The molecule has 1 aliphatic heterocycles. The zero-order valence-electron chi connectivity index (χ0n) is 20.4. The molecule has 0 bridgehead atoms. The van der Waals surface area contributed by atoms with Crippen LogP contribution in [0.15, 0.2) is 72.3 Å². The van der Waals surface area contributed by atoms with Crippen LogP contribution in [-0.4, -0.2) is 38.0 Å². The van der Waals surface area contributed by atoms with Crippen molar-refractivity contribution in [2.75, 3.05) is 19.1 Å². The summed E-state index contributed by atoms with van der Waals surface area (Å²) >= 11 is 0. The van der Waals surface area contributed by atoms with Gasteiger partial charge in [0.1, 0.15) is 12.2 Å². The Morgan fingerprint density at radius 1 is 0.946 bits per heavy atom. The number of hydrogen-bond donors (Lipinski definition) is 1. The van der Waals surface area contributed by atoms with Crippen molar-refractivity contribution in [1.82, 2.24) is 5.32 Å². The number of ether oxygens (including phenoxy) is 3. The molecule has 0 aliphatic carbocycles. The second-order valence-corrected chi connectivity index (χ2v) is 8.18. The fourth-order valence-electron chi connectivity index (χ4n) is 3.78. The summed E-state index contributed by atoms with van der Waals surface area (Å²) < 4.78 is 16.0. The summed E-state index contributed by atoms with van der Waals surface area (Å²) in [4.78, 5) is 50.6. The minimum atomic E-state index is -0.893. The Morgan fingerprint density at radius 2 is 1.70 bits per heavy atom. The maximum atomic E-state index is 13.2. The lowest BCUT2D eigenvalue weighted by molar-refractivity contribution is -0.122. The quantitative estimate of drug-likeness (QED) is 0.296. The van der Waals surface area contributed by atoms with Crippen LogP contribution in [0.4, 0.5) is 10.5 Å². The van der Waals surface area contributed by atoms with E-state index >= 15 is 0 Å². The molecule has 188 valence electrons. The van der Waals surface area contributed by atoms with Crippen LogP contribution in [0.3, 0.4) is 0 Å². The van der Waals surface area contributed by atoms with E-state index in [9.17, 15) is 19.2 Å². The number of barbiturate groups is 1. The van der Waals surface area contributed by atoms with Gasteiger partial charge in [0, 0.05) is 0 Å². The van der Waals surface area contributed by atoms with Crippen LogP contribution in [0.1, 0.15) is 27.0 Å². The standard InChI is InChI=1S/C28H24N2O7/c1-17-5-4-6-19(13-17)16-37-23-12-7-18(15-24(23)35-2)14-22-25(31)29-28(34)30(26(22)32)21-10-8-20(9-11-21)27(33)36-3/h4-15H,16H2,1-3H3,(H,29,31,34)/b22-14+. The maximum absolute atomic E-state index is 13.2. The number of methoxy groups -OCH3 is 2. The highest BCUT2D eigenvalue weighted by Crippen LogP contribution is 2.30. The Balaban J connectivity index is 1.58. The molecule has 37 heavy (non-hydrogen) atoms. The van der Waals surface area contributed by atoms with Gasteiger partial charge in [-0.1, -0.05) is 35.9 Å². The van der Waals surface area contributed by atoms with Crippen molar-refractivity contribution in [2.24, 2.45) is 0 Å². The number of imide groups is 2. The van der Waals surface area contributed by atoms with Crippen molar-refractivity contribution in [1.29, 1.82) is 0 Å². The molecule has 0 atom stereocenters. The summed E-state index contributed by atoms with van der Waals surface area (Å²) in [5, 5.41) is 2.17. The van der Waals surface area contributed by atoms with Gasteiger partial charge in [0.2, 0.25) is 0 Å². The first-order chi connectivity index (χ1) is 17.8. The lowest BCUT2D eigenvalue weighted by Gasteiger charge is -2.26. The van der Waals surface area contributed by atoms with Gasteiger partial charge in [-0.15, -0.1) is 0 Å². The van der Waals surface area contributed by atoms with E-state index < -0.39 is 23.8 Å². The van der Waals surface area contributed by atoms with Crippen molar-refractivity contribution in [3.8, 4) is 11.5 Å². The first-order valence-corrected chi connectivity index (χ1v) is 11.3. The molecule has 0 unspecified atom stereocenters. The molecule has 9 nitrogen and oxygen atoms in total. The summed E-state index contributed by atoms with van der Waals surface area (Å²) in [6, 6.07) is 17.7. The molecule has 3 aromatic rings.